The molecule has 0 saturated carbocycles. The number of hydrogen-bond acceptors (Lipinski definition) is 7. The number of ketones is 2. The molecule has 0 aromatic carbocycles. The third kappa shape index (κ3) is 4.56. The summed E-state index contributed by atoms with van der Waals surface area (Å²) >= 11 is 0. The molecule has 0 spiro atoms. The predicted molar refractivity (Wildman–Crippen MR) is 95.3 cm³/mol. The van der Waals surface area contributed by atoms with Crippen molar-refractivity contribution in [3.8, 4) is 0 Å². The highest BCUT2D eigenvalue weighted by Gasteiger charge is 2.21. The van der Waals surface area contributed by atoms with Crippen LogP contribution >= 0.6 is 0 Å². The fourth-order valence-electron chi connectivity index (χ4n) is 2.73. The first-order chi connectivity index (χ1) is 12.8. The highest BCUT2D eigenvalue weighted by atomic mass is 16.5. The van der Waals surface area contributed by atoms with E-state index in [2.05, 4.69) is 10.1 Å². The van der Waals surface area contributed by atoms with Crippen LogP contribution in [0, 0.1) is 13.8 Å². The molecule has 2 aromatic rings. The van der Waals surface area contributed by atoms with Crippen LogP contribution in [0.2, 0.25) is 0 Å². The van der Waals surface area contributed by atoms with Gasteiger partial charge in [0.15, 0.2) is 18.1 Å². The number of hydrogen-bond donors (Lipinski definition) is 1. The molecule has 0 aliphatic carbocycles. The minimum Gasteiger partial charge on any atom is -0.452 e. The minimum absolute atomic E-state index is 0.0951. The fourth-order valence-corrected chi connectivity index (χ4v) is 2.73. The lowest BCUT2D eigenvalue weighted by molar-refractivity contribution is 0.0464. The number of ether oxygens (including phenoxy) is 2. The number of esters is 1. The molecule has 27 heavy (non-hydrogen) atoms. The van der Waals surface area contributed by atoms with Crippen LogP contribution in [0.3, 0.4) is 0 Å². The van der Waals surface area contributed by atoms with E-state index in [0.717, 1.165) is 4.68 Å². The largest absolute Gasteiger partial charge is 0.452 e. The summed E-state index contributed by atoms with van der Waals surface area (Å²) in [4.78, 5) is 50.7. The average Bonchev–Trinajstić information content (AvgIpc) is 2.93. The molecule has 1 N–H and O–H groups in total. The Morgan fingerprint density at radius 3 is 2.52 bits per heavy atom. The lowest BCUT2D eigenvalue weighted by atomic mass is 10.1. The van der Waals surface area contributed by atoms with Crippen molar-refractivity contribution in [2.24, 2.45) is 0 Å². The van der Waals surface area contributed by atoms with Gasteiger partial charge in [-0.1, -0.05) is 0 Å². The lowest BCUT2D eigenvalue weighted by Crippen LogP contribution is -2.27. The summed E-state index contributed by atoms with van der Waals surface area (Å²) in [5.74, 6) is -1.45. The Morgan fingerprint density at radius 2 is 1.93 bits per heavy atom. The second kappa shape index (κ2) is 8.54. The van der Waals surface area contributed by atoms with Crippen molar-refractivity contribution in [3.05, 3.63) is 50.7 Å². The van der Waals surface area contributed by atoms with Gasteiger partial charge in [0.05, 0.1) is 18.8 Å². The molecule has 2 heterocycles. The molecule has 0 unspecified atom stereocenters. The van der Waals surface area contributed by atoms with Crippen LogP contribution in [0.5, 0.6) is 0 Å². The fraction of sp³-hybridized carbons (Fsp3) is 0.389. The van der Waals surface area contributed by atoms with Gasteiger partial charge >= 0.3 is 5.97 Å². The van der Waals surface area contributed by atoms with Gasteiger partial charge in [-0.15, -0.1) is 0 Å². The van der Waals surface area contributed by atoms with E-state index in [-0.39, 0.29) is 35.9 Å². The number of methoxy groups -OCH3 is 1. The molecule has 0 radical (unpaired) electrons. The Morgan fingerprint density at radius 1 is 1.22 bits per heavy atom. The van der Waals surface area contributed by atoms with Crippen LogP contribution in [-0.2, 0) is 16.0 Å². The molecule has 9 heteroatoms. The maximum atomic E-state index is 12.3. The zero-order valence-electron chi connectivity index (χ0n) is 15.6. The maximum absolute atomic E-state index is 12.3. The first-order valence-corrected chi connectivity index (χ1v) is 8.23. The Kier molecular flexibility index (Phi) is 6.40. The van der Waals surface area contributed by atoms with E-state index < -0.39 is 18.4 Å². The minimum atomic E-state index is -0.831. The number of rotatable bonds is 8. The summed E-state index contributed by atoms with van der Waals surface area (Å²) in [6.45, 7) is 4.69. The third-order valence-corrected chi connectivity index (χ3v) is 3.99. The zero-order valence-corrected chi connectivity index (χ0v) is 15.6. The van der Waals surface area contributed by atoms with Gasteiger partial charge in [0, 0.05) is 24.4 Å². The van der Waals surface area contributed by atoms with Crippen molar-refractivity contribution in [2.75, 3.05) is 20.3 Å². The highest BCUT2D eigenvalue weighted by molar-refractivity contribution is 6.04. The first-order valence-electron chi connectivity index (χ1n) is 8.23. The summed E-state index contributed by atoms with van der Waals surface area (Å²) in [6, 6.07) is 2.43. The van der Waals surface area contributed by atoms with E-state index in [4.69, 9.17) is 9.47 Å². The summed E-state index contributed by atoms with van der Waals surface area (Å²) in [5, 5.41) is 3.91. The van der Waals surface area contributed by atoms with E-state index in [9.17, 15) is 19.2 Å². The van der Waals surface area contributed by atoms with E-state index >= 15 is 0 Å². The molecule has 0 atom stereocenters. The zero-order chi connectivity index (χ0) is 20.1. The van der Waals surface area contributed by atoms with Gasteiger partial charge in [0.2, 0.25) is 5.78 Å². The summed E-state index contributed by atoms with van der Waals surface area (Å²) in [7, 11) is 1.48. The molecule has 0 bridgehead atoms. The number of carbonyl (C=O) groups excluding carboxylic acids is 3. The molecule has 0 saturated heterocycles. The molecule has 0 aliphatic rings. The Bertz CT molecular complexity index is 941. The number of nitrogens with zero attached hydrogens (tertiary/aromatic N) is 2. The highest BCUT2D eigenvalue weighted by Crippen LogP contribution is 2.19. The monoisotopic (exact) mass is 375 g/mol. The smallest absolute Gasteiger partial charge is 0.359 e. The Balaban J connectivity index is 2.10. The van der Waals surface area contributed by atoms with Gasteiger partial charge in [-0.25, -0.2) is 9.48 Å². The second-order valence-corrected chi connectivity index (χ2v) is 5.95. The first kappa shape index (κ1) is 20.2. The summed E-state index contributed by atoms with van der Waals surface area (Å²) in [5.41, 5.74) is 1.31. The second-order valence-electron chi connectivity index (χ2n) is 5.95. The van der Waals surface area contributed by atoms with Crippen molar-refractivity contribution < 1.29 is 23.9 Å². The summed E-state index contributed by atoms with van der Waals surface area (Å²) in [6.07, 6.45) is 0. The molecular weight excluding hydrogens is 354 g/mol. The summed E-state index contributed by atoms with van der Waals surface area (Å²) < 4.78 is 11.0. The number of aryl methyl sites for hydroxylation is 1. The molecule has 144 valence electrons. The lowest BCUT2D eigenvalue weighted by Gasteiger charge is -2.07. The number of nitrogens with one attached hydrogen (secondary N) is 1. The van der Waals surface area contributed by atoms with E-state index in [0.29, 0.717) is 16.8 Å². The van der Waals surface area contributed by atoms with Gasteiger partial charge < -0.3 is 14.5 Å². The Labute approximate surface area is 155 Å². The SMILES string of the molecule is COCCn1nc(C(=O)OCC(=O)c2[nH]c(C)c(C(C)=O)c2C)ccc1=O. The van der Waals surface area contributed by atoms with Crippen molar-refractivity contribution in [3.63, 3.8) is 0 Å². The molecule has 2 aromatic heterocycles. The van der Waals surface area contributed by atoms with Crippen molar-refractivity contribution >= 4 is 17.5 Å². The van der Waals surface area contributed by atoms with E-state index in [1.165, 1.54) is 26.2 Å². The predicted octanol–water partition coefficient (Wildman–Crippen LogP) is 1.08. The van der Waals surface area contributed by atoms with Crippen LogP contribution in [0.1, 0.15) is 49.5 Å². The third-order valence-electron chi connectivity index (χ3n) is 3.99. The number of Topliss-reactive ketones (excluding diaryl/α,β-unsaturated/α-hetero) is 2. The van der Waals surface area contributed by atoms with Crippen LogP contribution in [0.15, 0.2) is 16.9 Å². The molecular formula is C18H21N3O6. The van der Waals surface area contributed by atoms with E-state index in [1.807, 2.05) is 0 Å². The maximum Gasteiger partial charge on any atom is 0.359 e. The quantitative estimate of drug-likeness (QED) is 0.541. The number of H-pyrrole nitrogens is 1. The van der Waals surface area contributed by atoms with Crippen LogP contribution in [0.25, 0.3) is 0 Å². The number of aromatic nitrogens is 3. The van der Waals surface area contributed by atoms with Gasteiger partial charge in [-0.3, -0.25) is 14.4 Å². The van der Waals surface area contributed by atoms with Gasteiger partial charge in [0.1, 0.15) is 0 Å². The van der Waals surface area contributed by atoms with Crippen molar-refractivity contribution in [2.45, 2.75) is 27.3 Å². The molecule has 9 nitrogen and oxygen atoms in total. The van der Waals surface area contributed by atoms with Crippen LogP contribution in [-0.4, -0.2) is 52.6 Å². The Hall–Kier alpha value is -3.07. The van der Waals surface area contributed by atoms with Gasteiger partial charge in [-0.2, -0.15) is 5.10 Å². The van der Waals surface area contributed by atoms with Crippen molar-refractivity contribution in [1.82, 2.24) is 14.8 Å². The molecule has 0 amide bonds. The standard InChI is InChI=1S/C18H21N3O6/c1-10-16(12(3)22)11(2)19-17(10)14(23)9-27-18(25)13-5-6-15(24)21(20-13)7-8-26-4/h5-6,19H,7-9H2,1-4H3. The van der Waals surface area contributed by atoms with Crippen LogP contribution < -0.4 is 5.56 Å². The number of aromatic amines is 1. The van der Waals surface area contributed by atoms with Gasteiger partial charge in [-0.05, 0) is 32.4 Å². The van der Waals surface area contributed by atoms with Crippen LogP contribution in [0.4, 0.5) is 0 Å². The normalized spacial score (nSPS) is 10.7. The number of carbonyl (C=O) groups is 3. The van der Waals surface area contributed by atoms with Crippen molar-refractivity contribution in [1.29, 1.82) is 0 Å². The van der Waals surface area contributed by atoms with Gasteiger partial charge in [0.25, 0.3) is 5.56 Å². The molecule has 2 rings (SSSR count). The molecule has 0 aliphatic heterocycles. The topological polar surface area (TPSA) is 120 Å². The van der Waals surface area contributed by atoms with E-state index in [1.54, 1.807) is 13.8 Å². The average molecular weight is 375 g/mol. The molecule has 0 fully saturated rings.